The maximum Gasteiger partial charge on any atom is 0.272 e. The number of pyridine rings is 1. The van der Waals surface area contributed by atoms with Gasteiger partial charge < -0.3 is 14.4 Å². The molecular weight excluding hydrogens is 332 g/mol. The molecule has 1 atom stereocenters. The average molecular weight is 356 g/mol. The van der Waals surface area contributed by atoms with Gasteiger partial charge in [-0.05, 0) is 42.9 Å². The molecule has 7 heteroatoms. The van der Waals surface area contributed by atoms with Crippen LogP contribution in [0.4, 0.5) is 0 Å². The number of hydrogen-bond acceptors (Lipinski definition) is 5. The number of hydrogen-bond donors (Lipinski definition) is 0. The molecule has 0 saturated carbocycles. The van der Waals surface area contributed by atoms with Crippen LogP contribution in [0.3, 0.4) is 0 Å². The van der Waals surface area contributed by atoms with E-state index < -0.39 is 0 Å². The predicted octanol–water partition coefficient (Wildman–Crippen LogP) is 1.91. The molecule has 26 heavy (non-hydrogen) atoms. The van der Waals surface area contributed by atoms with Crippen molar-refractivity contribution in [3.05, 3.63) is 42.5 Å². The number of aromatic nitrogens is 3. The van der Waals surface area contributed by atoms with E-state index in [0.717, 1.165) is 44.7 Å². The third kappa shape index (κ3) is 3.44. The van der Waals surface area contributed by atoms with E-state index in [1.807, 2.05) is 17.0 Å². The molecule has 1 spiro atoms. The molecule has 7 nitrogen and oxygen atoms in total. The van der Waals surface area contributed by atoms with Crippen molar-refractivity contribution in [1.82, 2.24) is 19.7 Å². The molecule has 0 N–H and O–H groups in total. The van der Waals surface area contributed by atoms with Crippen LogP contribution in [0.2, 0.25) is 0 Å². The first kappa shape index (κ1) is 17.0. The van der Waals surface area contributed by atoms with Crippen molar-refractivity contribution in [1.29, 1.82) is 0 Å². The molecule has 0 bridgehead atoms. The van der Waals surface area contributed by atoms with Gasteiger partial charge in [0.2, 0.25) is 0 Å². The van der Waals surface area contributed by atoms with Crippen LogP contribution in [0.1, 0.15) is 29.8 Å². The second-order valence-corrected chi connectivity index (χ2v) is 7.27. The first-order valence-corrected chi connectivity index (χ1v) is 9.07. The van der Waals surface area contributed by atoms with E-state index in [-0.39, 0.29) is 17.4 Å². The van der Waals surface area contributed by atoms with Crippen molar-refractivity contribution in [2.75, 3.05) is 26.3 Å². The molecule has 0 aliphatic carbocycles. The van der Waals surface area contributed by atoms with Crippen molar-refractivity contribution in [3.8, 4) is 5.75 Å². The lowest BCUT2D eigenvalue weighted by molar-refractivity contribution is 0.0422. The zero-order chi connectivity index (χ0) is 18.0. The molecule has 4 rings (SSSR count). The van der Waals surface area contributed by atoms with Gasteiger partial charge in [0.25, 0.3) is 5.91 Å². The third-order valence-corrected chi connectivity index (χ3v) is 5.51. The minimum atomic E-state index is 0.0650. The molecular formula is C19H24N4O3. The largest absolute Gasteiger partial charge is 0.489 e. The van der Waals surface area contributed by atoms with E-state index in [0.29, 0.717) is 12.3 Å². The maximum atomic E-state index is 12.6. The molecule has 0 radical (unpaired) electrons. The summed E-state index contributed by atoms with van der Waals surface area (Å²) in [5, 5.41) is 4.09. The van der Waals surface area contributed by atoms with Crippen LogP contribution in [0.5, 0.6) is 5.75 Å². The fourth-order valence-corrected chi connectivity index (χ4v) is 3.90. The highest BCUT2D eigenvalue weighted by Crippen LogP contribution is 2.42. The molecule has 2 aliphatic rings. The Bertz CT molecular complexity index is 753. The number of ether oxygens (including phenoxy) is 2. The summed E-state index contributed by atoms with van der Waals surface area (Å²) in [6.45, 7) is 2.83. The number of carbonyl (C=O) groups is 1. The second-order valence-electron chi connectivity index (χ2n) is 7.27. The Morgan fingerprint density at radius 1 is 1.35 bits per heavy atom. The number of rotatable bonds is 4. The van der Waals surface area contributed by atoms with Crippen molar-refractivity contribution < 1.29 is 14.3 Å². The topological polar surface area (TPSA) is 69.5 Å². The summed E-state index contributed by atoms with van der Waals surface area (Å²) >= 11 is 0. The van der Waals surface area contributed by atoms with Gasteiger partial charge in [0.05, 0.1) is 18.9 Å². The van der Waals surface area contributed by atoms with Crippen LogP contribution < -0.4 is 4.74 Å². The Hall–Kier alpha value is -2.41. The summed E-state index contributed by atoms with van der Waals surface area (Å²) < 4.78 is 13.4. The number of aryl methyl sites for hydroxylation is 1. The van der Waals surface area contributed by atoms with Crippen LogP contribution in [0.25, 0.3) is 0 Å². The maximum absolute atomic E-state index is 12.6. The van der Waals surface area contributed by atoms with E-state index in [4.69, 9.17) is 9.47 Å². The molecule has 2 saturated heterocycles. The van der Waals surface area contributed by atoms with Crippen LogP contribution in [0, 0.1) is 5.41 Å². The summed E-state index contributed by atoms with van der Waals surface area (Å²) in [6.07, 6.45) is 8.15. The van der Waals surface area contributed by atoms with Gasteiger partial charge >= 0.3 is 0 Å². The summed E-state index contributed by atoms with van der Waals surface area (Å²) in [4.78, 5) is 18.6. The molecule has 1 amide bonds. The van der Waals surface area contributed by atoms with Gasteiger partial charge in [-0.25, -0.2) is 0 Å². The Balaban J connectivity index is 1.29. The number of piperidine rings is 1. The monoisotopic (exact) mass is 356 g/mol. The van der Waals surface area contributed by atoms with Gasteiger partial charge in [0.15, 0.2) is 0 Å². The SMILES string of the molecule is Cn1nccc1C(=O)N1CCC2(CC1)CO[C@H](COc1cccnc1)C2. The van der Waals surface area contributed by atoms with Gasteiger partial charge in [-0.15, -0.1) is 0 Å². The van der Waals surface area contributed by atoms with Gasteiger partial charge in [0, 0.05) is 32.5 Å². The fourth-order valence-electron chi connectivity index (χ4n) is 3.90. The van der Waals surface area contributed by atoms with E-state index in [1.165, 1.54) is 0 Å². The zero-order valence-corrected chi connectivity index (χ0v) is 15.0. The van der Waals surface area contributed by atoms with Gasteiger partial charge in [0.1, 0.15) is 18.1 Å². The standard InChI is InChI=1S/C19H24N4O3/c1-22-17(4-8-21-22)18(24)23-9-5-19(6-10-23)11-16(26-14-19)13-25-15-3-2-7-20-12-15/h2-4,7-8,12,16H,5-6,9-11,13-14H2,1H3/t16-/m0/s1. The van der Waals surface area contributed by atoms with Crippen LogP contribution >= 0.6 is 0 Å². The van der Waals surface area contributed by atoms with Crippen LogP contribution in [0.15, 0.2) is 36.8 Å². The molecule has 0 aromatic carbocycles. The molecule has 138 valence electrons. The average Bonchev–Trinajstić information content (AvgIpc) is 3.27. The molecule has 2 aliphatic heterocycles. The summed E-state index contributed by atoms with van der Waals surface area (Å²) in [5.41, 5.74) is 0.818. The number of amides is 1. The van der Waals surface area contributed by atoms with Gasteiger partial charge in [-0.1, -0.05) is 0 Å². The smallest absolute Gasteiger partial charge is 0.272 e. The highest BCUT2D eigenvalue weighted by atomic mass is 16.5. The molecule has 2 aromatic heterocycles. The predicted molar refractivity (Wildman–Crippen MR) is 94.9 cm³/mol. The van der Waals surface area contributed by atoms with Crippen molar-refractivity contribution in [2.45, 2.75) is 25.4 Å². The minimum Gasteiger partial charge on any atom is -0.489 e. The van der Waals surface area contributed by atoms with Crippen LogP contribution in [-0.4, -0.2) is 58.0 Å². The number of likely N-dealkylation sites (tertiary alicyclic amines) is 1. The van der Waals surface area contributed by atoms with E-state index in [1.54, 1.807) is 36.4 Å². The lowest BCUT2D eigenvalue weighted by atomic mass is 9.76. The lowest BCUT2D eigenvalue weighted by Gasteiger charge is -2.38. The van der Waals surface area contributed by atoms with Crippen molar-refractivity contribution >= 4 is 5.91 Å². The summed E-state index contributed by atoms with van der Waals surface area (Å²) in [6, 6.07) is 5.54. The normalized spacial score (nSPS) is 21.9. The fraction of sp³-hybridized carbons (Fsp3) is 0.526. The minimum absolute atomic E-state index is 0.0650. The van der Waals surface area contributed by atoms with Crippen molar-refractivity contribution in [2.24, 2.45) is 12.5 Å². The molecule has 4 heterocycles. The molecule has 2 fully saturated rings. The Labute approximate surface area is 152 Å². The van der Waals surface area contributed by atoms with E-state index in [9.17, 15) is 4.79 Å². The Morgan fingerprint density at radius 3 is 2.88 bits per heavy atom. The molecule has 0 unspecified atom stereocenters. The first-order valence-electron chi connectivity index (χ1n) is 9.07. The zero-order valence-electron chi connectivity index (χ0n) is 15.0. The first-order chi connectivity index (χ1) is 12.7. The van der Waals surface area contributed by atoms with Crippen molar-refractivity contribution in [3.63, 3.8) is 0 Å². The van der Waals surface area contributed by atoms with Gasteiger partial charge in [-0.2, -0.15) is 5.10 Å². The summed E-state index contributed by atoms with van der Waals surface area (Å²) in [5.74, 6) is 0.837. The highest BCUT2D eigenvalue weighted by molar-refractivity contribution is 5.92. The number of carbonyl (C=O) groups excluding carboxylic acids is 1. The Kier molecular flexibility index (Phi) is 4.63. The third-order valence-electron chi connectivity index (χ3n) is 5.51. The Morgan fingerprint density at radius 2 is 2.19 bits per heavy atom. The van der Waals surface area contributed by atoms with Crippen LogP contribution in [-0.2, 0) is 11.8 Å². The highest BCUT2D eigenvalue weighted by Gasteiger charge is 2.43. The van der Waals surface area contributed by atoms with E-state index >= 15 is 0 Å². The lowest BCUT2D eigenvalue weighted by Crippen LogP contribution is -2.44. The number of nitrogens with zero attached hydrogens (tertiary/aromatic N) is 4. The second kappa shape index (κ2) is 7.07. The summed E-state index contributed by atoms with van der Waals surface area (Å²) in [7, 11) is 1.80. The van der Waals surface area contributed by atoms with Gasteiger partial charge in [-0.3, -0.25) is 14.5 Å². The van der Waals surface area contributed by atoms with E-state index in [2.05, 4.69) is 10.1 Å². The quantitative estimate of drug-likeness (QED) is 0.837. The molecule has 2 aromatic rings.